The van der Waals surface area contributed by atoms with Crippen molar-refractivity contribution in [2.24, 2.45) is 0 Å². The normalized spacial score (nSPS) is 12.2. The molecule has 2 rings (SSSR count). The molecule has 0 aliphatic rings. The summed E-state index contributed by atoms with van der Waals surface area (Å²) in [6, 6.07) is 8.89. The second kappa shape index (κ2) is 8.11. The number of benzene rings is 2. The van der Waals surface area contributed by atoms with E-state index in [1.165, 1.54) is 14.0 Å². The Kier molecular flexibility index (Phi) is 6.09. The standard InChI is InChI=1S/C19H18F3NO4/c1-11-4-9-16(26-3)15(10-11)18(25)27-12(2)17(24)23-14-7-5-13(6-8-14)19(20,21)22/h4-10,12H,1-3H3,(H,23,24)/t12-/m0/s1. The highest BCUT2D eigenvalue weighted by Crippen LogP contribution is 2.29. The summed E-state index contributed by atoms with van der Waals surface area (Å²) in [6.07, 6.45) is -5.62. The number of anilines is 1. The third-order valence-electron chi connectivity index (χ3n) is 3.71. The van der Waals surface area contributed by atoms with E-state index in [0.29, 0.717) is 5.75 Å². The number of ether oxygens (including phenoxy) is 2. The third-order valence-corrected chi connectivity index (χ3v) is 3.71. The van der Waals surface area contributed by atoms with Gasteiger partial charge in [0.25, 0.3) is 5.91 Å². The van der Waals surface area contributed by atoms with Crippen LogP contribution >= 0.6 is 0 Å². The summed E-state index contributed by atoms with van der Waals surface area (Å²) in [5, 5.41) is 2.40. The van der Waals surface area contributed by atoms with E-state index >= 15 is 0 Å². The van der Waals surface area contributed by atoms with Crippen LogP contribution in [0.4, 0.5) is 18.9 Å². The first-order valence-electron chi connectivity index (χ1n) is 7.95. The monoisotopic (exact) mass is 381 g/mol. The lowest BCUT2D eigenvalue weighted by atomic mass is 10.1. The van der Waals surface area contributed by atoms with E-state index in [-0.39, 0.29) is 11.3 Å². The van der Waals surface area contributed by atoms with Crippen LogP contribution in [0.5, 0.6) is 5.75 Å². The second-order valence-electron chi connectivity index (χ2n) is 5.82. The van der Waals surface area contributed by atoms with Crippen molar-refractivity contribution in [3.63, 3.8) is 0 Å². The summed E-state index contributed by atoms with van der Waals surface area (Å²) in [4.78, 5) is 24.4. The van der Waals surface area contributed by atoms with Gasteiger partial charge in [0.05, 0.1) is 12.7 Å². The SMILES string of the molecule is COc1ccc(C)cc1C(=O)O[C@@H](C)C(=O)Nc1ccc(C(F)(F)F)cc1. The van der Waals surface area contributed by atoms with Gasteiger partial charge in [-0.2, -0.15) is 13.2 Å². The maximum Gasteiger partial charge on any atom is 0.416 e. The van der Waals surface area contributed by atoms with Gasteiger partial charge in [-0.05, 0) is 50.2 Å². The van der Waals surface area contributed by atoms with Crippen molar-refractivity contribution in [3.05, 3.63) is 59.2 Å². The molecule has 0 bridgehead atoms. The van der Waals surface area contributed by atoms with Crippen molar-refractivity contribution >= 4 is 17.6 Å². The lowest BCUT2D eigenvalue weighted by Crippen LogP contribution is -2.30. The molecule has 0 unspecified atom stereocenters. The fourth-order valence-corrected chi connectivity index (χ4v) is 2.25. The fourth-order valence-electron chi connectivity index (χ4n) is 2.25. The Morgan fingerprint density at radius 3 is 2.26 bits per heavy atom. The Bertz CT molecular complexity index is 832. The average molecular weight is 381 g/mol. The summed E-state index contributed by atoms with van der Waals surface area (Å²) in [5.41, 5.74) is 0.312. The van der Waals surface area contributed by atoms with E-state index in [0.717, 1.165) is 29.8 Å². The van der Waals surface area contributed by atoms with Gasteiger partial charge in [-0.25, -0.2) is 4.79 Å². The molecule has 0 spiro atoms. The third kappa shape index (κ3) is 5.22. The van der Waals surface area contributed by atoms with E-state index < -0.39 is 29.7 Å². The van der Waals surface area contributed by atoms with Crippen molar-refractivity contribution in [1.29, 1.82) is 0 Å². The Hall–Kier alpha value is -3.03. The maximum atomic E-state index is 12.6. The minimum atomic E-state index is -4.46. The van der Waals surface area contributed by atoms with Crippen LogP contribution in [-0.2, 0) is 15.7 Å². The fraction of sp³-hybridized carbons (Fsp3) is 0.263. The molecule has 144 valence electrons. The molecule has 8 heteroatoms. The molecule has 0 aromatic heterocycles. The summed E-state index contributed by atoms with van der Waals surface area (Å²) >= 11 is 0. The van der Waals surface area contributed by atoms with Crippen LogP contribution in [0.3, 0.4) is 0 Å². The first-order valence-corrected chi connectivity index (χ1v) is 7.95. The summed E-state index contributed by atoms with van der Waals surface area (Å²) in [7, 11) is 1.40. The van der Waals surface area contributed by atoms with E-state index in [2.05, 4.69) is 5.32 Å². The average Bonchev–Trinajstić information content (AvgIpc) is 2.61. The van der Waals surface area contributed by atoms with Crippen LogP contribution in [0.15, 0.2) is 42.5 Å². The first kappa shape index (κ1) is 20.3. The number of esters is 1. The van der Waals surface area contributed by atoms with Gasteiger partial charge in [-0.1, -0.05) is 11.6 Å². The molecule has 27 heavy (non-hydrogen) atoms. The van der Waals surface area contributed by atoms with Gasteiger partial charge >= 0.3 is 12.1 Å². The summed E-state index contributed by atoms with van der Waals surface area (Å²) < 4.78 is 47.9. The lowest BCUT2D eigenvalue weighted by molar-refractivity contribution is -0.137. The zero-order valence-corrected chi connectivity index (χ0v) is 14.9. The van der Waals surface area contributed by atoms with Crippen LogP contribution in [0.2, 0.25) is 0 Å². The summed E-state index contributed by atoms with van der Waals surface area (Å²) in [5.74, 6) is -1.11. The molecule has 5 nitrogen and oxygen atoms in total. The van der Waals surface area contributed by atoms with Gasteiger partial charge in [0.15, 0.2) is 6.10 Å². The van der Waals surface area contributed by atoms with E-state index in [1.54, 1.807) is 25.1 Å². The predicted molar refractivity (Wildman–Crippen MR) is 92.7 cm³/mol. The number of nitrogens with one attached hydrogen (secondary N) is 1. The molecule has 1 amide bonds. The van der Waals surface area contributed by atoms with Crippen molar-refractivity contribution in [1.82, 2.24) is 0 Å². The van der Waals surface area contributed by atoms with Crippen molar-refractivity contribution in [2.45, 2.75) is 26.1 Å². The molecular formula is C19H18F3NO4. The Morgan fingerprint density at radius 2 is 1.70 bits per heavy atom. The molecule has 0 saturated carbocycles. The molecule has 1 atom stereocenters. The highest BCUT2D eigenvalue weighted by molar-refractivity contribution is 5.98. The number of hydrogen-bond acceptors (Lipinski definition) is 4. The molecule has 0 saturated heterocycles. The van der Waals surface area contributed by atoms with Crippen LogP contribution in [0.25, 0.3) is 0 Å². The highest BCUT2D eigenvalue weighted by Gasteiger charge is 2.30. The van der Waals surface area contributed by atoms with E-state index in [1.807, 2.05) is 0 Å². The number of hydrogen-bond donors (Lipinski definition) is 1. The quantitative estimate of drug-likeness (QED) is 0.789. The molecule has 2 aromatic rings. The van der Waals surface area contributed by atoms with Crippen LogP contribution in [0.1, 0.15) is 28.4 Å². The number of halogens is 3. The smallest absolute Gasteiger partial charge is 0.416 e. The number of alkyl halides is 3. The molecule has 0 heterocycles. The molecular weight excluding hydrogens is 363 g/mol. The number of amides is 1. The van der Waals surface area contributed by atoms with Gasteiger partial charge < -0.3 is 14.8 Å². The molecule has 0 fully saturated rings. The van der Waals surface area contributed by atoms with E-state index in [4.69, 9.17) is 9.47 Å². The van der Waals surface area contributed by atoms with Crippen LogP contribution < -0.4 is 10.1 Å². The molecule has 0 aliphatic heterocycles. The van der Waals surface area contributed by atoms with Crippen molar-refractivity contribution < 1.29 is 32.2 Å². The molecule has 0 aliphatic carbocycles. The van der Waals surface area contributed by atoms with Gasteiger partial charge in [-0.3, -0.25) is 4.79 Å². The maximum absolute atomic E-state index is 12.6. The van der Waals surface area contributed by atoms with Crippen LogP contribution in [-0.4, -0.2) is 25.1 Å². The number of aryl methyl sites for hydroxylation is 1. The largest absolute Gasteiger partial charge is 0.496 e. The second-order valence-corrected chi connectivity index (χ2v) is 5.82. The van der Waals surface area contributed by atoms with Gasteiger partial charge in [0.1, 0.15) is 11.3 Å². The van der Waals surface area contributed by atoms with Crippen molar-refractivity contribution in [3.8, 4) is 5.75 Å². The van der Waals surface area contributed by atoms with Gasteiger partial charge in [0, 0.05) is 5.69 Å². The van der Waals surface area contributed by atoms with Crippen LogP contribution in [0, 0.1) is 6.92 Å². The number of methoxy groups -OCH3 is 1. The number of rotatable bonds is 5. The number of carbonyl (C=O) groups is 2. The minimum absolute atomic E-state index is 0.157. The Balaban J connectivity index is 2.03. The Morgan fingerprint density at radius 1 is 1.07 bits per heavy atom. The van der Waals surface area contributed by atoms with Crippen molar-refractivity contribution in [2.75, 3.05) is 12.4 Å². The topological polar surface area (TPSA) is 64.6 Å². The Labute approximate surface area is 154 Å². The zero-order valence-electron chi connectivity index (χ0n) is 14.9. The lowest BCUT2D eigenvalue weighted by Gasteiger charge is -2.15. The predicted octanol–water partition coefficient (Wildman–Crippen LogP) is 4.21. The highest BCUT2D eigenvalue weighted by atomic mass is 19.4. The number of carbonyl (C=O) groups excluding carboxylic acids is 2. The minimum Gasteiger partial charge on any atom is -0.496 e. The zero-order chi connectivity index (χ0) is 20.2. The molecule has 0 radical (unpaired) electrons. The molecule has 2 aromatic carbocycles. The van der Waals surface area contributed by atoms with Gasteiger partial charge in [0.2, 0.25) is 0 Å². The molecule has 1 N–H and O–H groups in total. The van der Waals surface area contributed by atoms with E-state index in [9.17, 15) is 22.8 Å². The summed E-state index contributed by atoms with van der Waals surface area (Å²) in [6.45, 7) is 3.15. The van der Waals surface area contributed by atoms with Gasteiger partial charge in [-0.15, -0.1) is 0 Å². The first-order chi connectivity index (χ1) is 12.6.